The SMILES string of the molecule is N[C@@H](CO)C(=O)OC[C@H]1S[C@@H](n2ccc(=O)[nH]c2=O)C(O)C1O. The fourth-order valence-corrected chi connectivity index (χ4v) is 3.52. The van der Waals surface area contributed by atoms with Crippen molar-refractivity contribution in [1.82, 2.24) is 9.55 Å². The predicted molar refractivity (Wildman–Crippen MR) is 79.8 cm³/mol. The molecule has 0 aliphatic carbocycles. The van der Waals surface area contributed by atoms with Gasteiger partial charge in [-0.2, -0.15) is 0 Å². The third-order valence-electron chi connectivity index (χ3n) is 3.35. The number of esters is 1. The minimum Gasteiger partial charge on any atom is -0.463 e. The van der Waals surface area contributed by atoms with Gasteiger partial charge in [-0.05, 0) is 0 Å². The van der Waals surface area contributed by atoms with Crippen molar-refractivity contribution < 1.29 is 24.9 Å². The zero-order valence-corrected chi connectivity index (χ0v) is 12.7. The molecule has 0 aromatic carbocycles. The Labute approximate surface area is 133 Å². The molecule has 0 radical (unpaired) electrons. The number of nitrogens with zero attached hydrogens (tertiary/aromatic N) is 1. The molecule has 0 amide bonds. The molecule has 2 rings (SSSR count). The summed E-state index contributed by atoms with van der Waals surface area (Å²) in [5.74, 6) is -0.834. The zero-order valence-electron chi connectivity index (χ0n) is 11.9. The maximum atomic E-state index is 11.8. The van der Waals surface area contributed by atoms with Crippen LogP contribution in [0, 0.1) is 0 Å². The number of H-pyrrole nitrogens is 1. The van der Waals surface area contributed by atoms with Crippen LogP contribution in [0.2, 0.25) is 0 Å². The summed E-state index contributed by atoms with van der Waals surface area (Å²) in [5.41, 5.74) is 4.00. The maximum absolute atomic E-state index is 11.8. The molecular weight excluding hydrogens is 330 g/mol. The van der Waals surface area contributed by atoms with Crippen LogP contribution in [0.15, 0.2) is 21.9 Å². The molecule has 1 saturated heterocycles. The molecular formula is C12H17N3O7S. The Morgan fingerprint density at radius 2 is 2.13 bits per heavy atom. The maximum Gasteiger partial charge on any atom is 0.329 e. The fourth-order valence-electron chi connectivity index (χ4n) is 2.07. The number of aliphatic hydroxyl groups excluding tert-OH is 3. The van der Waals surface area contributed by atoms with E-state index in [1.54, 1.807) is 0 Å². The summed E-state index contributed by atoms with van der Waals surface area (Å²) in [6.07, 6.45) is -1.33. The second-order valence-electron chi connectivity index (χ2n) is 4.98. The minimum absolute atomic E-state index is 0.246. The Hall–Kier alpha value is -1.66. The summed E-state index contributed by atoms with van der Waals surface area (Å²) < 4.78 is 5.95. The second kappa shape index (κ2) is 7.27. The van der Waals surface area contributed by atoms with Crippen LogP contribution in [-0.4, -0.2) is 67.6 Å². The second-order valence-corrected chi connectivity index (χ2v) is 6.34. The van der Waals surface area contributed by atoms with E-state index in [9.17, 15) is 24.6 Å². The van der Waals surface area contributed by atoms with E-state index in [4.69, 9.17) is 15.6 Å². The van der Waals surface area contributed by atoms with E-state index < -0.39 is 52.7 Å². The Kier molecular flexibility index (Phi) is 5.59. The molecule has 1 fully saturated rings. The Morgan fingerprint density at radius 3 is 2.74 bits per heavy atom. The molecule has 2 heterocycles. The van der Waals surface area contributed by atoms with E-state index in [0.29, 0.717) is 0 Å². The van der Waals surface area contributed by atoms with Gasteiger partial charge >= 0.3 is 11.7 Å². The molecule has 0 saturated carbocycles. The number of aliphatic hydroxyl groups is 3. The highest BCUT2D eigenvalue weighted by atomic mass is 32.2. The molecule has 0 spiro atoms. The average Bonchev–Trinajstić information content (AvgIpc) is 2.80. The standard InChI is InChI=1S/C12H17N3O7S/c13-5(3-16)11(20)22-4-6-8(18)9(19)10(23-6)15-2-1-7(17)14-12(15)21/h1-2,5-6,8-10,16,18-19H,3-4,13H2,(H,14,17,21)/t5-,6+,8?,9?,10+/m0/s1. The van der Waals surface area contributed by atoms with Crippen LogP contribution in [0.3, 0.4) is 0 Å². The van der Waals surface area contributed by atoms with Crippen molar-refractivity contribution in [3.63, 3.8) is 0 Å². The summed E-state index contributed by atoms with van der Waals surface area (Å²) in [7, 11) is 0. The third kappa shape index (κ3) is 3.82. The Morgan fingerprint density at radius 1 is 1.43 bits per heavy atom. The first-order valence-electron chi connectivity index (χ1n) is 6.71. The lowest BCUT2D eigenvalue weighted by molar-refractivity contribution is -0.146. The number of aromatic nitrogens is 2. The van der Waals surface area contributed by atoms with E-state index in [-0.39, 0.29) is 6.61 Å². The number of aromatic amines is 1. The molecule has 6 N–H and O–H groups in total. The first-order chi connectivity index (χ1) is 10.8. The quantitative estimate of drug-likeness (QED) is 0.343. The van der Waals surface area contributed by atoms with Crippen molar-refractivity contribution in [2.45, 2.75) is 28.9 Å². The van der Waals surface area contributed by atoms with Gasteiger partial charge in [0.1, 0.15) is 24.1 Å². The van der Waals surface area contributed by atoms with Crippen LogP contribution >= 0.6 is 11.8 Å². The van der Waals surface area contributed by atoms with Crippen LogP contribution in [0.25, 0.3) is 0 Å². The van der Waals surface area contributed by atoms with Crippen LogP contribution < -0.4 is 17.0 Å². The third-order valence-corrected chi connectivity index (χ3v) is 4.90. The van der Waals surface area contributed by atoms with E-state index in [1.165, 1.54) is 6.20 Å². The molecule has 23 heavy (non-hydrogen) atoms. The van der Waals surface area contributed by atoms with Crippen LogP contribution in [0.4, 0.5) is 0 Å². The number of hydrogen-bond donors (Lipinski definition) is 5. The first-order valence-corrected chi connectivity index (χ1v) is 7.65. The number of carbonyl (C=O) groups excluding carboxylic acids is 1. The molecule has 1 aromatic rings. The molecule has 1 aliphatic rings. The Balaban J connectivity index is 2.07. The summed E-state index contributed by atoms with van der Waals surface area (Å²) in [6.45, 7) is -0.818. The van der Waals surface area contributed by atoms with Gasteiger partial charge < -0.3 is 25.8 Å². The number of thioether (sulfide) groups is 1. The molecule has 1 aromatic heterocycles. The van der Waals surface area contributed by atoms with Gasteiger partial charge in [-0.25, -0.2) is 4.79 Å². The highest BCUT2D eigenvalue weighted by Crippen LogP contribution is 2.41. The number of hydrogen-bond acceptors (Lipinski definition) is 9. The van der Waals surface area contributed by atoms with Gasteiger partial charge in [0.2, 0.25) is 0 Å². The lowest BCUT2D eigenvalue weighted by atomic mass is 10.1. The fraction of sp³-hybridized carbons (Fsp3) is 0.583. The highest BCUT2D eigenvalue weighted by Gasteiger charge is 2.44. The van der Waals surface area contributed by atoms with Crippen molar-refractivity contribution in [2.24, 2.45) is 5.73 Å². The molecule has 11 heteroatoms. The molecule has 1 aliphatic heterocycles. The molecule has 0 bridgehead atoms. The van der Waals surface area contributed by atoms with Crippen molar-refractivity contribution in [2.75, 3.05) is 13.2 Å². The van der Waals surface area contributed by atoms with Crippen LogP contribution in [0.1, 0.15) is 5.37 Å². The van der Waals surface area contributed by atoms with Crippen molar-refractivity contribution in [3.05, 3.63) is 33.1 Å². The lowest BCUT2D eigenvalue weighted by Gasteiger charge is -2.17. The number of rotatable bonds is 5. The predicted octanol–water partition coefficient (Wildman–Crippen LogP) is -3.26. The number of nitrogens with two attached hydrogens (primary N) is 1. The molecule has 2 unspecified atom stereocenters. The average molecular weight is 347 g/mol. The first kappa shape index (κ1) is 17.7. The van der Waals surface area contributed by atoms with Gasteiger partial charge in [-0.3, -0.25) is 19.1 Å². The Bertz CT molecular complexity index is 675. The van der Waals surface area contributed by atoms with Crippen LogP contribution in [-0.2, 0) is 9.53 Å². The number of ether oxygens (including phenoxy) is 1. The normalized spacial score (nSPS) is 28.5. The van der Waals surface area contributed by atoms with Crippen molar-refractivity contribution in [3.8, 4) is 0 Å². The van der Waals surface area contributed by atoms with Crippen molar-refractivity contribution in [1.29, 1.82) is 0 Å². The number of carbonyl (C=O) groups is 1. The topological polar surface area (TPSA) is 168 Å². The summed E-state index contributed by atoms with van der Waals surface area (Å²) >= 11 is 1.02. The van der Waals surface area contributed by atoms with E-state index in [2.05, 4.69) is 4.98 Å². The largest absolute Gasteiger partial charge is 0.463 e. The van der Waals surface area contributed by atoms with Gasteiger partial charge in [0.25, 0.3) is 5.56 Å². The van der Waals surface area contributed by atoms with Gasteiger partial charge in [0, 0.05) is 12.3 Å². The van der Waals surface area contributed by atoms with Crippen molar-refractivity contribution >= 4 is 17.7 Å². The van der Waals surface area contributed by atoms with Crippen LogP contribution in [0.5, 0.6) is 0 Å². The minimum atomic E-state index is -1.29. The smallest absolute Gasteiger partial charge is 0.329 e. The van der Waals surface area contributed by atoms with Gasteiger partial charge in [0.15, 0.2) is 0 Å². The summed E-state index contributed by atoms with van der Waals surface area (Å²) in [5, 5.41) is 27.3. The zero-order chi connectivity index (χ0) is 17.1. The number of nitrogens with one attached hydrogen (secondary N) is 1. The van der Waals surface area contributed by atoms with E-state index in [1.807, 2.05) is 0 Å². The summed E-state index contributed by atoms with van der Waals surface area (Å²) in [4.78, 5) is 36.3. The molecule has 128 valence electrons. The monoisotopic (exact) mass is 347 g/mol. The van der Waals surface area contributed by atoms with Gasteiger partial charge in [-0.1, -0.05) is 0 Å². The van der Waals surface area contributed by atoms with Gasteiger partial charge in [-0.15, -0.1) is 11.8 Å². The lowest BCUT2D eigenvalue weighted by Crippen LogP contribution is -2.39. The van der Waals surface area contributed by atoms with Gasteiger partial charge in [0.05, 0.1) is 18.0 Å². The van der Waals surface area contributed by atoms with E-state index >= 15 is 0 Å². The highest BCUT2D eigenvalue weighted by molar-refractivity contribution is 8.00. The molecule has 10 nitrogen and oxygen atoms in total. The summed E-state index contributed by atoms with van der Waals surface area (Å²) in [6, 6.07) is -0.0598. The molecule has 5 atom stereocenters. The van der Waals surface area contributed by atoms with E-state index in [0.717, 1.165) is 22.4 Å².